The maximum atomic E-state index is 6.28. The summed E-state index contributed by atoms with van der Waals surface area (Å²) in [5.41, 5.74) is 1.02. The molecule has 0 aliphatic heterocycles. The number of benzene rings is 1. The van der Waals surface area contributed by atoms with Crippen molar-refractivity contribution >= 4 is 0 Å². The molecule has 0 saturated heterocycles. The molecule has 1 saturated carbocycles. The summed E-state index contributed by atoms with van der Waals surface area (Å²) < 4.78 is 6.28. The quantitative estimate of drug-likeness (QED) is 0.397. The normalized spacial score (nSPS) is 15.7. The molecular weight excluding hydrogens is 268 g/mol. The van der Waals surface area contributed by atoms with Gasteiger partial charge in [-0.3, -0.25) is 0 Å². The lowest BCUT2D eigenvalue weighted by molar-refractivity contribution is 0.169. The molecule has 0 amide bonds. The number of hydrogen-bond acceptors (Lipinski definition) is 1. The Balaban J connectivity index is 1.69. The van der Waals surface area contributed by atoms with Gasteiger partial charge >= 0.3 is 0 Å². The first kappa shape index (κ1) is 17.4. The molecule has 1 heteroatoms. The van der Waals surface area contributed by atoms with Crippen LogP contribution in [0.4, 0.5) is 0 Å². The first-order chi connectivity index (χ1) is 10.8. The molecule has 1 aromatic rings. The molecule has 123 valence electrons. The molecule has 1 aromatic carbocycles. The van der Waals surface area contributed by atoms with Crippen molar-refractivity contribution in [1.82, 2.24) is 0 Å². The number of ether oxygens (including phenoxy) is 1. The summed E-state index contributed by atoms with van der Waals surface area (Å²) in [6, 6.07) is 8.18. The van der Waals surface area contributed by atoms with Crippen molar-refractivity contribution in [1.29, 1.82) is 0 Å². The second-order valence-corrected chi connectivity index (χ2v) is 6.94. The number of unbranched alkanes of at least 4 members (excludes halogenated alkanes) is 6. The van der Waals surface area contributed by atoms with Crippen LogP contribution in [0.1, 0.15) is 83.1 Å². The summed E-state index contributed by atoms with van der Waals surface area (Å²) in [6.07, 6.45) is 15.3. The fourth-order valence-electron chi connectivity index (χ4n) is 3.08. The monoisotopic (exact) mass is 301 g/mol. The van der Waals surface area contributed by atoms with Crippen LogP contribution in [-0.4, -0.2) is 6.10 Å². The van der Waals surface area contributed by atoms with Gasteiger partial charge in [-0.05, 0) is 43.7 Å². The Morgan fingerprint density at radius 2 is 1.73 bits per heavy atom. The third kappa shape index (κ3) is 6.85. The van der Waals surface area contributed by atoms with Gasteiger partial charge in [-0.15, -0.1) is 0 Å². The molecule has 1 atom stereocenters. The minimum absolute atomic E-state index is 0.394. The van der Waals surface area contributed by atoms with E-state index in [0.29, 0.717) is 6.10 Å². The van der Waals surface area contributed by atoms with Gasteiger partial charge in [-0.2, -0.15) is 0 Å². The molecule has 1 radical (unpaired) electrons. The molecule has 0 spiro atoms. The molecule has 0 aromatic heterocycles. The van der Waals surface area contributed by atoms with Gasteiger partial charge < -0.3 is 4.74 Å². The molecule has 0 heterocycles. The molecule has 1 aliphatic rings. The zero-order chi connectivity index (χ0) is 15.6. The molecule has 0 bridgehead atoms. The van der Waals surface area contributed by atoms with Crippen LogP contribution in [0.5, 0.6) is 5.75 Å². The van der Waals surface area contributed by atoms with Crippen LogP contribution in [0.25, 0.3) is 0 Å². The van der Waals surface area contributed by atoms with Gasteiger partial charge in [-0.25, -0.2) is 0 Å². The smallest absolute Gasteiger partial charge is 0.122 e. The van der Waals surface area contributed by atoms with E-state index in [1.807, 2.05) is 18.2 Å². The number of hydrogen-bond donors (Lipinski definition) is 0. The van der Waals surface area contributed by atoms with E-state index in [4.69, 9.17) is 4.74 Å². The lowest BCUT2D eigenvalue weighted by Crippen LogP contribution is -2.18. The summed E-state index contributed by atoms with van der Waals surface area (Å²) in [6.45, 7) is 6.36. The van der Waals surface area contributed by atoms with Gasteiger partial charge in [-0.1, -0.05) is 76.5 Å². The molecule has 22 heavy (non-hydrogen) atoms. The van der Waals surface area contributed by atoms with E-state index in [0.717, 1.165) is 17.2 Å². The Morgan fingerprint density at radius 3 is 2.41 bits per heavy atom. The summed E-state index contributed by atoms with van der Waals surface area (Å²) in [4.78, 5) is 0. The SMILES string of the molecule is [CH2]c1ccccc1OC(CCCCCCCCC)CC1CC1. The summed E-state index contributed by atoms with van der Waals surface area (Å²) in [5.74, 6) is 1.91. The van der Waals surface area contributed by atoms with Crippen molar-refractivity contribution in [2.75, 3.05) is 0 Å². The minimum atomic E-state index is 0.394. The second kappa shape index (κ2) is 9.92. The molecule has 0 N–H and O–H groups in total. The highest BCUT2D eigenvalue weighted by Gasteiger charge is 2.26. The average molecular weight is 301 g/mol. The van der Waals surface area contributed by atoms with Crippen molar-refractivity contribution in [3.63, 3.8) is 0 Å². The van der Waals surface area contributed by atoms with Crippen LogP contribution in [-0.2, 0) is 0 Å². The number of rotatable bonds is 12. The zero-order valence-electron chi connectivity index (χ0n) is 14.4. The standard InChI is InChI=1S/C21H33O/c1-3-4-5-6-7-8-9-13-20(17-19-15-16-19)22-21-14-11-10-12-18(21)2/h10-12,14,19-20H,2-9,13,15-17H2,1H3. The number of para-hydroxylation sites is 1. The highest BCUT2D eigenvalue weighted by molar-refractivity contribution is 5.35. The first-order valence-electron chi connectivity index (χ1n) is 9.37. The van der Waals surface area contributed by atoms with Gasteiger partial charge in [0.2, 0.25) is 0 Å². The predicted molar refractivity (Wildman–Crippen MR) is 95.3 cm³/mol. The maximum absolute atomic E-state index is 6.28. The van der Waals surface area contributed by atoms with E-state index in [9.17, 15) is 0 Å². The van der Waals surface area contributed by atoms with Crippen molar-refractivity contribution < 1.29 is 4.74 Å². The Kier molecular flexibility index (Phi) is 7.83. The largest absolute Gasteiger partial charge is 0.490 e. The van der Waals surface area contributed by atoms with Crippen LogP contribution < -0.4 is 4.74 Å². The molecule has 1 fully saturated rings. The summed E-state index contributed by atoms with van der Waals surface area (Å²) >= 11 is 0. The first-order valence-corrected chi connectivity index (χ1v) is 9.37. The highest BCUT2D eigenvalue weighted by Crippen LogP contribution is 2.36. The third-order valence-electron chi connectivity index (χ3n) is 4.69. The van der Waals surface area contributed by atoms with E-state index in [2.05, 4.69) is 19.9 Å². The Hall–Kier alpha value is -0.980. The van der Waals surface area contributed by atoms with E-state index in [1.54, 1.807) is 0 Å². The van der Waals surface area contributed by atoms with Gasteiger partial charge in [0.15, 0.2) is 0 Å². The van der Waals surface area contributed by atoms with Crippen LogP contribution >= 0.6 is 0 Å². The summed E-state index contributed by atoms with van der Waals surface area (Å²) in [5, 5.41) is 0. The molecule has 1 unspecified atom stereocenters. The van der Waals surface area contributed by atoms with E-state index in [-0.39, 0.29) is 0 Å². The van der Waals surface area contributed by atoms with Crippen LogP contribution in [0, 0.1) is 12.8 Å². The van der Waals surface area contributed by atoms with Crippen molar-refractivity contribution in [2.45, 2.75) is 83.7 Å². The molecule has 2 rings (SSSR count). The van der Waals surface area contributed by atoms with E-state index < -0.39 is 0 Å². The molecular formula is C21H33O. The fraction of sp³-hybridized carbons (Fsp3) is 0.667. The topological polar surface area (TPSA) is 9.23 Å². The van der Waals surface area contributed by atoms with Crippen molar-refractivity contribution in [3.8, 4) is 5.75 Å². The summed E-state index contributed by atoms with van der Waals surface area (Å²) in [7, 11) is 0. The van der Waals surface area contributed by atoms with Gasteiger partial charge in [0.25, 0.3) is 0 Å². The Morgan fingerprint density at radius 1 is 1.05 bits per heavy atom. The predicted octanol–water partition coefficient (Wildman–Crippen LogP) is 6.56. The van der Waals surface area contributed by atoms with Crippen molar-refractivity contribution in [2.24, 2.45) is 5.92 Å². The second-order valence-electron chi connectivity index (χ2n) is 6.94. The average Bonchev–Trinajstić information content (AvgIpc) is 3.32. The fourth-order valence-corrected chi connectivity index (χ4v) is 3.08. The Bertz CT molecular complexity index is 408. The highest BCUT2D eigenvalue weighted by atomic mass is 16.5. The van der Waals surface area contributed by atoms with Crippen LogP contribution in [0.3, 0.4) is 0 Å². The van der Waals surface area contributed by atoms with Crippen molar-refractivity contribution in [3.05, 3.63) is 36.8 Å². The molecule has 1 nitrogen and oxygen atoms in total. The maximum Gasteiger partial charge on any atom is 0.122 e. The minimum Gasteiger partial charge on any atom is -0.490 e. The lowest BCUT2D eigenvalue weighted by Gasteiger charge is -2.20. The van der Waals surface area contributed by atoms with Crippen LogP contribution in [0.15, 0.2) is 24.3 Å². The zero-order valence-corrected chi connectivity index (χ0v) is 14.4. The van der Waals surface area contributed by atoms with Crippen LogP contribution in [0.2, 0.25) is 0 Å². The van der Waals surface area contributed by atoms with E-state index >= 15 is 0 Å². The lowest BCUT2D eigenvalue weighted by atomic mass is 10.0. The molecule has 1 aliphatic carbocycles. The van der Waals surface area contributed by atoms with E-state index in [1.165, 1.54) is 70.6 Å². The Labute approximate surface area is 137 Å². The van der Waals surface area contributed by atoms with Gasteiger partial charge in [0.05, 0.1) is 6.10 Å². The third-order valence-corrected chi connectivity index (χ3v) is 4.69. The van der Waals surface area contributed by atoms with Gasteiger partial charge in [0.1, 0.15) is 5.75 Å². The van der Waals surface area contributed by atoms with Gasteiger partial charge in [0, 0.05) is 0 Å².